The second-order valence-corrected chi connectivity index (χ2v) is 7.24. The average molecular weight is 337 g/mol. The number of rotatable bonds is 4. The second-order valence-electron chi connectivity index (χ2n) is 7.24. The van der Waals surface area contributed by atoms with Crippen molar-refractivity contribution in [1.82, 2.24) is 15.3 Å². The number of hydrogen-bond donors (Lipinski definition) is 2. The van der Waals surface area contributed by atoms with Crippen molar-refractivity contribution in [1.29, 1.82) is 0 Å². The molecular weight excluding hydrogens is 314 g/mol. The summed E-state index contributed by atoms with van der Waals surface area (Å²) in [5, 5.41) is 12.8. The molecule has 2 bridgehead atoms. The first-order valence-corrected chi connectivity index (χ1v) is 8.98. The number of amides is 1. The fourth-order valence-corrected chi connectivity index (χ4v) is 4.54. The van der Waals surface area contributed by atoms with Crippen molar-refractivity contribution in [3.8, 4) is 11.4 Å². The Bertz CT molecular complexity index is 778. The van der Waals surface area contributed by atoms with Crippen molar-refractivity contribution in [2.24, 2.45) is 17.8 Å². The van der Waals surface area contributed by atoms with E-state index in [-0.39, 0.29) is 24.5 Å². The van der Waals surface area contributed by atoms with E-state index < -0.39 is 0 Å². The SMILES string of the molecule is Cc1nc(-c2ccccc2)ncc1C(=O)NC1C2CCC(C2)C1CO. The zero-order valence-electron chi connectivity index (χ0n) is 14.4. The predicted molar refractivity (Wildman–Crippen MR) is 94.9 cm³/mol. The van der Waals surface area contributed by atoms with Gasteiger partial charge < -0.3 is 10.4 Å². The summed E-state index contributed by atoms with van der Waals surface area (Å²) in [5.74, 6) is 1.73. The number of aliphatic hydroxyl groups is 1. The van der Waals surface area contributed by atoms with Gasteiger partial charge in [-0.25, -0.2) is 9.97 Å². The first kappa shape index (κ1) is 16.2. The Morgan fingerprint density at radius 3 is 2.72 bits per heavy atom. The van der Waals surface area contributed by atoms with Gasteiger partial charge in [0.15, 0.2) is 5.82 Å². The highest BCUT2D eigenvalue weighted by molar-refractivity contribution is 5.95. The third kappa shape index (κ3) is 2.93. The molecule has 1 heterocycles. The highest BCUT2D eigenvalue weighted by Gasteiger charge is 2.47. The zero-order valence-corrected chi connectivity index (χ0v) is 14.4. The van der Waals surface area contributed by atoms with Gasteiger partial charge in [0, 0.05) is 30.3 Å². The summed E-state index contributed by atoms with van der Waals surface area (Å²) in [6, 6.07) is 9.82. The van der Waals surface area contributed by atoms with Gasteiger partial charge in [-0.2, -0.15) is 0 Å². The van der Waals surface area contributed by atoms with E-state index in [1.165, 1.54) is 6.42 Å². The second kappa shape index (κ2) is 6.56. The molecule has 4 atom stereocenters. The normalized spacial score (nSPS) is 27.4. The molecule has 5 nitrogen and oxygen atoms in total. The van der Waals surface area contributed by atoms with Crippen molar-refractivity contribution in [2.45, 2.75) is 32.2 Å². The van der Waals surface area contributed by atoms with E-state index in [4.69, 9.17) is 0 Å². The standard InChI is InChI=1S/C20H23N3O2/c1-12-16(10-21-19(22-12)13-5-3-2-4-6-13)20(25)23-18-15-8-7-14(9-15)17(18)11-24/h2-6,10,14-15,17-18,24H,7-9,11H2,1H3,(H,23,25). The molecule has 2 aliphatic rings. The number of nitrogens with one attached hydrogen (secondary N) is 1. The Balaban J connectivity index is 1.53. The van der Waals surface area contributed by atoms with Crippen molar-refractivity contribution >= 4 is 5.91 Å². The molecule has 0 spiro atoms. The van der Waals surface area contributed by atoms with Crippen LogP contribution < -0.4 is 5.32 Å². The van der Waals surface area contributed by atoms with Gasteiger partial charge in [-0.1, -0.05) is 30.3 Å². The molecule has 4 rings (SSSR count). The smallest absolute Gasteiger partial charge is 0.254 e. The number of nitrogens with zero attached hydrogens (tertiary/aromatic N) is 2. The van der Waals surface area contributed by atoms with Gasteiger partial charge in [0.1, 0.15) is 0 Å². The minimum absolute atomic E-state index is 0.0736. The quantitative estimate of drug-likeness (QED) is 0.899. The van der Waals surface area contributed by atoms with Crippen LogP contribution >= 0.6 is 0 Å². The predicted octanol–water partition coefficient (Wildman–Crippen LogP) is 2.59. The van der Waals surface area contributed by atoms with Crippen LogP contribution in [-0.2, 0) is 0 Å². The molecule has 2 N–H and O–H groups in total. The van der Waals surface area contributed by atoms with Gasteiger partial charge in [0.2, 0.25) is 0 Å². The maximum Gasteiger partial charge on any atom is 0.254 e. The van der Waals surface area contributed by atoms with E-state index in [0.29, 0.717) is 28.9 Å². The third-order valence-electron chi connectivity index (χ3n) is 5.85. The fourth-order valence-electron chi connectivity index (χ4n) is 4.54. The van der Waals surface area contributed by atoms with Gasteiger partial charge >= 0.3 is 0 Å². The highest BCUT2D eigenvalue weighted by Crippen LogP contribution is 2.48. The van der Waals surface area contributed by atoms with Crippen molar-refractivity contribution in [3.05, 3.63) is 47.8 Å². The van der Waals surface area contributed by atoms with Gasteiger partial charge in [-0.3, -0.25) is 4.79 Å². The molecule has 5 heteroatoms. The number of carbonyl (C=O) groups is 1. The molecule has 0 saturated heterocycles. The molecule has 1 amide bonds. The van der Waals surface area contributed by atoms with Gasteiger partial charge in [-0.05, 0) is 38.0 Å². The molecule has 2 aliphatic carbocycles. The van der Waals surface area contributed by atoms with E-state index in [0.717, 1.165) is 18.4 Å². The summed E-state index contributed by atoms with van der Waals surface area (Å²) in [5.41, 5.74) is 2.13. The lowest BCUT2D eigenvalue weighted by molar-refractivity contribution is 0.0860. The summed E-state index contributed by atoms with van der Waals surface area (Å²) in [6.45, 7) is 1.99. The lowest BCUT2D eigenvalue weighted by atomic mass is 9.85. The largest absolute Gasteiger partial charge is 0.396 e. The first-order chi connectivity index (χ1) is 12.2. The summed E-state index contributed by atoms with van der Waals surface area (Å²) in [6.07, 6.45) is 5.06. The molecule has 2 saturated carbocycles. The minimum Gasteiger partial charge on any atom is -0.396 e. The van der Waals surface area contributed by atoms with Crippen LogP contribution in [0.3, 0.4) is 0 Å². The number of benzene rings is 1. The van der Waals surface area contributed by atoms with Crippen LogP contribution in [-0.4, -0.2) is 33.6 Å². The van der Waals surface area contributed by atoms with Crippen LogP contribution in [0.25, 0.3) is 11.4 Å². The van der Waals surface area contributed by atoms with Crippen LogP contribution in [0.2, 0.25) is 0 Å². The topological polar surface area (TPSA) is 75.1 Å². The molecule has 130 valence electrons. The Labute approximate surface area is 147 Å². The molecule has 25 heavy (non-hydrogen) atoms. The average Bonchev–Trinajstić information content (AvgIpc) is 3.23. The van der Waals surface area contributed by atoms with E-state index in [2.05, 4.69) is 15.3 Å². The minimum atomic E-state index is -0.131. The molecule has 0 aliphatic heterocycles. The Morgan fingerprint density at radius 1 is 1.24 bits per heavy atom. The molecule has 2 aromatic rings. The molecule has 2 fully saturated rings. The monoisotopic (exact) mass is 337 g/mol. The van der Waals surface area contributed by atoms with Crippen LogP contribution in [0.5, 0.6) is 0 Å². The zero-order chi connectivity index (χ0) is 17.4. The van der Waals surface area contributed by atoms with E-state index in [9.17, 15) is 9.90 Å². The third-order valence-corrected chi connectivity index (χ3v) is 5.85. The van der Waals surface area contributed by atoms with Crippen LogP contribution in [0, 0.1) is 24.7 Å². The summed E-state index contributed by atoms with van der Waals surface area (Å²) in [4.78, 5) is 21.6. The fraction of sp³-hybridized carbons (Fsp3) is 0.450. The number of aliphatic hydroxyl groups excluding tert-OH is 1. The number of aromatic nitrogens is 2. The van der Waals surface area contributed by atoms with Crippen molar-refractivity contribution in [2.75, 3.05) is 6.61 Å². The molecule has 0 radical (unpaired) electrons. The van der Waals surface area contributed by atoms with E-state index in [1.807, 2.05) is 37.3 Å². The Hall–Kier alpha value is -2.27. The van der Waals surface area contributed by atoms with Gasteiger partial charge in [-0.15, -0.1) is 0 Å². The van der Waals surface area contributed by atoms with E-state index >= 15 is 0 Å². The number of fused-ring (bicyclic) bond motifs is 2. The summed E-state index contributed by atoms with van der Waals surface area (Å²) in [7, 11) is 0. The van der Waals surface area contributed by atoms with Gasteiger partial charge in [0.25, 0.3) is 5.91 Å². The maximum absolute atomic E-state index is 12.7. The van der Waals surface area contributed by atoms with Crippen LogP contribution in [0.4, 0.5) is 0 Å². The molecule has 4 unspecified atom stereocenters. The first-order valence-electron chi connectivity index (χ1n) is 8.98. The molecule has 1 aromatic carbocycles. The number of hydrogen-bond acceptors (Lipinski definition) is 4. The molecule has 1 aromatic heterocycles. The highest BCUT2D eigenvalue weighted by atomic mass is 16.3. The summed E-state index contributed by atoms with van der Waals surface area (Å²) >= 11 is 0. The van der Waals surface area contributed by atoms with Gasteiger partial charge in [0.05, 0.1) is 11.3 Å². The Morgan fingerprint density at radius 2 is 2.00 bits per heavy atom. The van der Waals surface area contributed by atoms with Crippen molar-refractivity contribution in [3.63, 3.8) is 0 Å². The summed E-state index contributed by atoms with van der Waals surface area (Å²) < 4.78 is 0. The number of carbonyl (C=O) groups excluding carboxylic acids is 1. The molecular formula is C20H23N3O2. The lowest BCUT2D eigenvalue weighted by Crippen LogP contribution is -2.45. The Kier molecular flexibility index (Phi) is 4.25. The number of aryl methyl sites for hydroxylation is 1. The van der Waals surface area contributed by atoms with Crippen LogP contribution in [0.15, 0.2) is 36.5 Å². The van der Waals surface area contributed by atoms with Crippen molar-refractivity contribution < 1.29 is 9.90 Å². The van der Waals surface area contributed by atoms with Crippen LogP contribution in [0.1, 0.15) is 35.3 Å². The maximum atomic E-state index is 12.7. The lowest BCUT2D eigenvalue weighted by Gasteiger charge is -2.30. The van der Waals surface area contributed by atoms with E-state index in [1.54, 1.807) is 6.20 Å².